The molecule has 1 aliphatic heterocycles. The second-order valence-electron chi connectivity index (χ2n) is 5.05. The topological polar surface area (TPSA) is 76.6 Å². The quantitative estimate of drug-likeness (QED) is 0.323. The molecule has 0 N–H and O–H groups in total. The third-order valence-corrected chi connectivity index (χ3v) is 5.21. The third-order valence-electron chi connectivity index (χ3n) is 3.52. The predicted octanol–water partition coefficient (Wildman–Crippen LogP) is 4.73. The van der Waals surface area contributed by atoms with E-state index in [2.05, 4.69) is 0 Å². The number of carbonyl (C=O) groups is 1. The zero-order valence-electron chi connectivity index (χ0n) is 12.9. The van der Waals surface area contributed by atoms with Gasteiger partial charge in [0.1, 0.15) is 15.8 Å². The van der Waals surface area contributed by atoms with E-state index < -0.39 is 4.92 Å². The van der Waals surface area contributed by atoms with Crippen molar-refractivity contribution in [3.8, 4) is 11.3 Å². The zero-order valence-corrected chi connectivity index (χ0v) is 15.3. The first kappa shape index (κ1) is 17.7. The zero-order chi connectivity index (χ0) is 18.1. The molecule has 1 aliphatic rings. The Morgan fingerprint density at radius 1 is 1.40 bits per heavy atom. The van der Waals surface area contributed by atoms with Crippen LogP contribution in [0.4, 0.5) is 5.69 Å². The number of carbonyl (C=O) groups excluding carboxylic acids is 1. The maximum absolute atomic E-state index is 12.2. The lowest BCUT2D eigenvalue weighted by molar-refractivity contribution is -0.384. The van der Waals surface area contributed by atoms with Crippen molar-refractivity contribution in [1.82, 2.24) is 4.90 Å². The Bertz CT molecular complexity index is 923. The fourth-order valence-corrected chi connectivity index (χ4v) is 3.93. The molecule has 0 unspecified atom stereocenters. The Labute approximate surface area is 157 Å². The number of halogens is 1. The van der Waals surface area contributed by atoms with Crippen LogP contribution in [0.1, 0.15) is 12.7 Å². The van der Waals surface area contributed by atoms with Crippen LogP contribution in [0.2, 0.25) is 5.02 Å². The van der Waals surface area contributed by atoms with Crippen molar-refractivity contribution >= 4 is 57.6 Å². The van der Waals surface area contributed by atoms with Gasteiger partial charge in [-0.1, -0.05) is 35.6 Å². The molecule has 9 heteroatoms. The minimum Gasteiger partial charge on any atom is -0.457 e. The Hall–Kier alpha value is -2.16. The molecule has 1 aromatic heterocycles. The van der Waals surface area contributed by atoms with Crippen LogP contribution in [-0.4, -0.2) is 26.6 Å². The number of benzene rings is 1. The van der Waals surface area contributed by atoms with Gasteiger partial charge in [-0.2, -0.15) is 0 Å². The van der Waals surface area contributed by atoms with Crippen LogP contribution in [0, 0.1) is 10.1 Å². The summed E-state index contributed by atoms with van der Waals surface area (Å²) in [6.07, 6.45) is 1.62. The molecular weight excluding hydrogens is 384 g/mol. The summed E-state index contributed by atoms with van der Waals surface area (Å²) >= 11 is 12.5. The van der Waals surface area contributed by atoms with Gasteiger partial charge in [0.25, 0.3) is 11.6 Å². The van der Waals surface area contributed by atoms with Crippen molar-refractivity contribution < 1.29 is 14.1 Å². The highest BCUT2D eigenvalue weighted by molar-refractivity contribution is 8.26. The van der Waals surface area contributed by atoms with E-state index in [1.165, 1.54) is 34.9 Å². The molecule has 25 heavy (non-hydrogen) atoms. The molecule has 1 saturated heterocycles. The maximum atomic E-state index is 12.2. The number of nitro groups is 1. The highest BCUT2D eigenvalue weighted by Crippen LogP contribution is 2.35. The predicted molar refractivity (Wildman–Crippen MR) is 101 cm³/mol. The standard InChI is InChI=1S/C16H11ClN2O4S2/c1-2-18-15(20)14(25-16(18)24)8-10-4-6-13(23-10)11-5-3-9(19(21)22)7-12(11)17/h3-8H,2H2,1H3/b14-8+. The van der Waals surface area contributed by atoms with Crippen LogP contribution in [0.25, 0.3) is 17.4 Å². The van der Waals surface area contributed by atoms with Gasteiger partial charge in [0.05, 0.1) is 14.9 Å². The van der Waals surface area contributed by atoms with Gasteiger partial charge in [-0.05, 0) is 25.1 Å². The van der Waals surface area contributed by atoms with Crippen molar-refractivity contribution in [2.45, 2.75) is 6.92 Å². The Balaban J connectivity index is 1.89. The van der Waals surface area contributed by atoms with E-state index in [0.717, 1.165) is 0 Å². The van der Waals surface area contributed by atoms with E-state index in [-0.39, 0.29) is 16.6 Å². The molecule has 3 rings (SSSR count). The normalized spacial score (nSPS) is 16.1. The van der Waals surface area contributed by atoms with Gasteiger partial charge in [0, 0.05) is 30.3 Å². The van der Waals surface area contributed by atoms with Crippen molar-refractivity contribution in [3.63, 3.8) is 0 Å². The monoisotopic (exact) mass is 394 g/mol. The largest absolute Gasteiger partial charge is 0.457 e. The number of nitro benzene ring substituents is 1. The average Bonchev–Trinajstić information content (AvgIpc) is 3.12. The number of nitrogens with zero attached hydrogens (tertiary/aromatic N) is 2. The number of rotatable bonds is 4. The van der Waals surface area contributed by atoms with E-state index in [1.54, 1.807) is 18.2 Å². The summed E-state index contributed by atoms with van der Waals surface area (Å²) in [6.45, 7) is 2.37. The summed E-state index contributed by atoms with van der Waals surface area (Å²) < 4.78 is 6.22. The lowest BCUT2D eigenvalue weighted by Crippen LogP contribution is -2.27. The third kappa shape index (κ3) is 3.46. The fraction of sp³-hybridized carbons (Fsp3) is 0.125. The van der Waals surface area contributed by atoms with E-state index in [9.17, 15) is 14.9 Å². The first-order valence-corrected chi connectivity index (χ1v) is 8.80. The SMILES string of the molecule is CCN1C(=O)/C(=C\c2ccc(-c3ccc([N+](=O)[O-])cc3Cl)o2)SC1=S. The summed E-state index contributed by atoms with van der Waals surface area (Å²) in [5.41, 5.74) is 0.441. The average molecular weight is 395 g/mol. The van der Waals surface area contributed by atoms with Crippen molar-refractivity contribution in [1.29, 1.82) is 0 Å². The van der Waals surface area contributed by atoms with Crippen LogP contribution in [-0.2, 0) is 4.79 Å². The number of furan rings is 1. The minimum atomic E-state index is -0.515. The molecule has 128 valence electrons. The number of non-ortho nitro benzene ring substituents is 1. The molecule has 0 aliphatic carbocycles. The fourth-order valence-electron chi connectivity index (χ4n) is 2.29. The number of thioether (sulfide) groups is 1. The summed E-state index contributed by atoms with van der Waals surface area (Å²) in [7, 11) is 0. The van der Waals surface area contributed by atoms with Crippen LogP contribution in [0.3, 0.4) is 0 Å². The highest BCUT2D eigenvalue weighted by atomic mass is 35.5. The van der Waals surface area contributed by atoms with Gasteiger partial charge in [-0.3, -0.25) is 19.8 Å². The Morgan fingerprint density at radius 2 is 2.16 bits per heavy atom. The molecule has 2 heterocycles. The molecule has 1 aromatic carbocycles. The molecule has 2 aromatic rings. The summed E-state index contributed by atoms with van der Waals surface area (Å²) in [5.74, 6) is 0.780. The van der Waals surface area contributed by atoms with Crippen LogP contribution < -0.4 is 0 Å². The first-order chi connectivity index (χ1) is 11.9. The smallest absolute Gasteiger partial charge is 0.270 e. The van der Waals surface area contributed by atoms with Gasteiger partial charge >= 0.3 is 0 Å². The number of thiocarbonyl (C=S) groups is 1. The molecule has 0 radical (unpaired) electrons. The second-order valence-corrected chi connectivity index (χ2v) is 7.13. The van der Waals surface area contributed by atoms with E-state index in [1.807, 2.05) is 6.92 Å². The number of hydrogen-bond acceptors (Lipinski definition) is 6. The van der Waals surface area contributed by atoms with Crippen molar-refractivity contribution in [2.75, 3.05) is 6.54 Å². The summed E-state index contributed by atoms with van der Waals surface area (Å²) in [4.78, 5) is 24.5. The lowest BCUT2D eigenvalue weighted by Gasteiger charge is -2.09. The molecular formula is C16H11ClN2O4S2. The first-order valence-electron chi connectivity index (χ1n) is 7.20. The van der Waals surface area contributed by atoms with Crippen molar-refractivity contribution in [3.05, 3.63) is 56.1 Å². The van der Waals surface area contributed by atoms with E-state index >= 15 is 0 Å². The lowest BCUT2D eigenvalue weighted by atomic mass is 10.1. The van der Waals surface area contributed by atoms with Gasteiger partial charge in [0.15, 0.2) is 0 Å². The molecule has 0 bridgehead atoms. The summed E-state index contributed by atoms with van der Waals surface area (Å²) in [5, 5.41) is 11.0. The molecule has 6 nitrogen and oxygen atoms in total. The number of amides is 1. The maximum Gasteiger partial charge on any atom is 0.270 e. The van der Waals surface area contributed by atoms with Gasteiger partial charge in [0.2, 0.25) is 0 Å². The molecule has 0 atom stereocenters. The van der Waals surface area contributed by atoms with Gasteiger partial charge in [-0.25, -0.2) is 0 Å². The summed E-state index contributed by atoms with van der Waals surface area (Å²) in [6, 6.07) is 7.55. The molecule has 1 amide bonds. The van der Waals surface area contributed by atoms with Gasteiger partial charge in [-0.15, -0.1) is 0 Å². The highest BCUT2D eigenvalue weighted by Gasteiger charge is 2.30. The molecule has 0 saturated carbocycles. The Kier molecular flexibility index (Phi) is 4.94. The number of hydrogen-bond donors (Lipinski definition) is 0. The molecule has 0 spiro atoms. The van der Waals surface area contributed by atoms with Crippen LogP contribution >= 0.6 is 35.6 Å². The second kappa shape index (κ2) is 6.99. The minimum absolute atomic E-state index is 0.0937. The van der Waals surface area contributed by atoms with Crippen molar-refractivity contribution in [2.24, 2.45) is 0 Å². The van der Waals surface area contributed by atoms with Crippen LogP contribution in [0.5, 0.6) is 0 Å². The molecule has 1 fully saturated rings. The van der Waals surface area contributed by atoms with E-state index in [4.69, 9.17) is 28.2 Å². The Morgan fingerprint density at radius 3 is 2.76 bits per heavy atom. The number of likely N-dealkylation sites (N-methyl/N-ethyl adjacent to an activating group) is 1. The van der Waals surface area contributed by atoms with Crippen LogP contribution in [0.15, 0.2) is 39.7 Å². The van der Waals surface area contributed by atoms with E-state index in [0.29, 0.717) is 32.9 Å². The van der Waals surface area contributed by atoms with Gasteiger partial charge < -0.3 is 4.42 Å².